The van der Waals surface area contributed by atoms with Gasteiger partial charge in [-0.25, -0.2) is 0 Å². The number of piperazine rings is 1. The van der Waals surface area contributed by atoms with E-state index in [1.807, 2.05) is 32.2 Å². The molecule has 1 fully saturated rings. The van der Waals surface area contributed by atoms with Gasteiger partial charge >= 0.3 is 0 Å². The molecule has 2 rings (SSSR count). The lowest BCUT2D eigenvalue weighted by Crippen LogP contribution is -2.53. The summed E-state index contributed by atoms with van der Waals surface area (Å²) in [5.41, 5.74) is 1.14. The molecule has 2 N–H and O–H groups in total. The maximum atomic E-state index is 5.69. The fraction of sp³-hybridized carbons (Fsp3) is 0.650. The number of rotatable bonds is 8. The van der Waals surface area contributed by atoms with E-state index in [0.717, 1.165) is 43.5 Å². The monoisotopic (exact) mass is 361 g/mol. The molecule has 1 unspecified atom stereocenters. The summed E-state index contributed by atoms with van der Waals surface area (Å²) in [7, 11) is 1.81. The van der Waals surface area contributed by atoms with E-state index in [0.29, 0.717) is 19.2 Å². The summed E-state index contributed by atoms with van der Waals surface area (Å²) in [5.74, 6) is 1.76. The van der Waals surface area contributed by atoms with Crippen LogP contribution in [-0.4, -0.2) is 74.7 Å². The third kappa shape index (κ3) is 6.18. The number of nitrogens with one attached hydrogen (secondary N) is 2. The number of guanidine groups is 1. The highest BCUT2D eigenvalue weighted by Crippen LogP contribution is 2.17. The number of hydrogen-bond acceptors (Lipinski definition) is 4. The molecule has 6 heteroatoms. The van der Waals surface area contributed by atoms with Crippen LogP contribution < -0.4 is 15.4 Å². The van der Waals surface area contributed by atoms with E-state index in [9.17, 15) is 0 Å². The van der Waals surface area contributed by atoms with Gasteiger partial charge in [0.25, 0.3) is 0 Å². The average Bonchev–Trinajstić information content (AvgIpc) is 2.69. The van der Waals surface area contributed by atoms with Gasteiger partial charge in [0.05, 0.1) is 6.61 Å². The Morgan fingerprint density at radius 1 is 1.15 bits per heavy atom. The first kappa shape index (κ1) is 20.5. The Bertz CT molecular complexity index is 555. The molecule has 0 bridgehead atoms. The third-order valence-corrected chi connectivity index (χ3v) is 4.98. The number of hydrogen-bond donors (Lipinski definition) is 2. The van der Waals surface area contributed by atoms with E-state index < -0.39 is 0 Å². The van der Waals surface area contributed by atoms with Crippen molar-refractivity contribution in [2.24, 2.45) is 4.99 Å². The minimum absolute atomic E-state index is 0.489. The SMILES string of the molecule is CCOc1ccccc1CNC(=NC)NCC(C)N1CCN(CC)CC1. The molecule has 26 heavy (non-hydrogen) atoms. The molecule has 0 aliphatic carbocycles. The molecule has 1 aliphatic rings. The number of benzene rings is 1. The molecular weight excluding hydrogens is 326 g/mol. The molecule has 0 spiro atoms. The lowest BCUT2D eigenvalue weighted by atomic mass is 10.2. The van der Waals surface area contributed by atoms with E-state index in [4.69, 9.17) is 4.74 Å². The molecule has 146 valence electrons. The van der Waals surface area contributed by atoms with Crippen LogP contribution in [-0.2, 0) is 6.54 Å². The normalized spacial score (nSPS) is 17.8. The highest BCUT2D eigenvalue weighted by atomic mass is 16.5. The lowest BCUT2D eigenvalue weighted by molar-refractivity contribution is 0.107. The quantitative estimate of drug-likeness (QED) is 0.546. The van der Waals surface area contributed by atoms with Crippen molar-refractivity contribution in [1.82, 2.24) is 20.4 Å². The first-order chi connectivity index (χ1) is 12.7. The molecule has 6 nitrogen and oxygen atoms in total. The zero-order chi connectivity index (χ0) is 18.8. The van der Waals surface area contributed by atoms with Crippen molar-refractivity contribution in [3.05, 3.63) is 29.8 Å². The van der Waals surface area contributed by atoms with Crippen molar-refractivity contribution in [1.29, 1.82) is 0 Å². The van der Waals surface area contributed by atoms with Crippen LogP contribution in [0.2, 0.25) is 0 Å². The molecule has 0 aromatic heterocycles. The van der Waals surface area contributed by atoms with E-state index in [1.54, 1.807) is 0 Å². The fourth-order valence-corrected chi connectivity index (χ4v) is 3.24. The highest BCUT2D eigenvalue weighted by molar-refractivity contribution is 5.79. The van der Waals surface area contributed by atoms with Gasteiger partial charge in [0.15, 0.2) is 5.96 Å². The molecule has 1 aliphatic heterocycles. The minimum atomic E-state index is 0.489. The molecule has 1 aromatic carbocycles. The summed E-state index contributed by atoms with van der Waals surface area (Å²) in [6, 6.07) is 8.62. The second-order valence-electron chi connectivity index (χ2n) is 6.67. The molecule has 0 radical (unpaired) electrons. The summed E-state index contributed by atoms with van der Waals surface area (Å²) in [6.45, 7) is 14.6. The standard InChI is InChI=1S/C20H35N5O/c1-5-24-11-13-25(14-12-24)17(3)15-22-20(21-4)23-16-18-9-7-8-10-19(18)26-6-2/h7-10,17H,5-6,11-16H2,1-4H3,(H2,21,22,23). The summed E-state index contributed by atoms with van der Waals surface area (Å²) in [6.07, 6.45) is 0. The van der Waals surface area contributed by atoms with Crippen LogP contribution in [0.25, 0.3) is 0 Å². The van der Waals surface area contributed by atoms with Gasteiger partial charge in [-0.05, 0) is 26.5 Å². The Labute approximate surface area is 158 Å². The fourth-order valence-electron chi connectivity index (χ4n) is 3.24. The minimum Gasteiger partial charge on any atom is -0.494 e. The maximum Gasteiger partial charge on any atom is 0.191 e. The Morgan fingerprint density at radius 2 is 1.88 bits per heavy atom. The zero-order valence-electron chi connectivity index (χ0n) is 16.8. The summed E-state index contributed by atoms with van der Waals surface area (Å²) in [4.78, 5) is 9.41. The molecule has 0 saturated carbocycles. The van der Waals surface area contributed by atoms with Crippen molar-refractivity contribution < 1.29 is 4.74 Å². The number of para-hydroxylation sites is 1. The van der Waals surface area contributed by atoms with Crippen molar-refractivity contribution in [2.75, 3.05) is 52.9 Å². The van der Waals surface area contributed by atoms with E-state index >= 15 is 0 Å². The Balaban J connectivity index is 1.77. The molecule has 1 aromatic rings. The molecule has 1 heterocycles. The van der Waals surface area contributed by atoms with Crippen LogP contribution in [0.4, 0.5) is 0 Å². The van der Waals surface area contributed by atoms with Gasteiger partial charge < -0.3 is 20.3 Å². The topological polar surface area (TPSA) is 52.1 Å². The van der Waals surface area contributed by atoms with E-state index in [1.165, 1.54) is 13.1 Å². The number of nitrogens with zero attached hydrogens (tertiary/aromatic N) is 3. The summed E-state index contributed by atoms with van der Waals surface area (Å²) < 4.78 is 5.69. The van der Waals surface area contributed by atoms with Gasteiger partial charge in [-0.1, -0.05) is 25.1 Å². The predicted molar refractivity (Wildman–Crippen MR) is 109 cm³/mol. The van der Waals surface area contributed by atoms with Crippen LogP contribution >= 0.6 is 0 Å². The first-order valence-corrected chi connectivity index (χ1v) is 9.79. The number of likely N-dealkylation sites (N-methyl/N-ethyl adjacent to an activating group) is 1. The maximum absolute atomic E-state index is 5.69. The van der Waals surface area contributed by atoms with Gasteiger partial charge in [0.1, 0.15) is 5.75 Å². The highest BCUT2D eigenvalue weighted by Gasteiger charge is 2.20. The predicted octanol–water partition coefficient (Wildman–Crippen LogP) is 1.78. The molecule has 1 atom stereocenters. The van der Waals surface area contributed by atoms with Crippen LogP contribution in [0.3, 0.4) is 0 Å². The van der Waals surface area contributed by atoms with Crippen molar-refractivity contribution in [2.45, 2.75) is 33.4 Å². The first-order valence-electron chi connectivity index (χ1n) is 9.79. The van der Waals surface area contributed by atoms with Crippen LogP contribution in [0.15, 0.2) is 29.3 Å². The second-order valence-corrected chi connectivity index (χ2v) is 6.67. The summed E-state index contributed by atoms with van der Waals surface area (Å²) in [5, 5.41) is 6.85. The van der Waals surface area contributed by atoms with Gasteiger partial charge in [-0.15, -0.1) is 0 Å². The van der Waals surface area contributed by atoms with Gasteiger partial charge in [0.2, 0.25) is 0 Å². The Hall–Kier alpha value is -1.79. The number of ether oxygens (including phenoxy) is 1. The molecular formula is C20H35N5O. The second kappa shape index (κ2) is 11.0. The lowest BCUT2D eigenvalue weighted by Gasteiger charge is -2.37. The molecule has 1 saturated heterocycles. The smallest absolute Gasteiger partial charge is 0.191 e. The van der Waals surface area contributed by atoms with Crippen LogP contribution in [0.1, 0.15) is 26.3 Å². The number of aliphatic imine (C=N–C) groups is 1. The van der Waals surface area contributed by atoms with Crippen molar-refractivity contribution in [3.8, 4) is 5.75 Å². The van der Waals surface area contributed by atoms with Crippen LogP contribution in [0.5, 0.6) is 5.75 Å². The largest absolute Gasteiger partial charge is 0.494 e. The van der Waals surface area contributed by atoms with Gasteiger partial charge in [0, 0.05) is 57.9 Å². The van der Waals surface area contributed by atoms with E-state index in [-0.39, 0.29) is 0 Å². The van der Waals surface area contributed by atoms with Crippen molar-refractivity contribution in [3.63, 3.8) is 0 Å². The summed E-state index contributed by atoms with van der Waals surface area (Å²) >= 11 is 0. The van der Waals surface area contributed by atoms with Gasteiger partial charge in [-0.2, -0.15) is 0 Å². The third-order valence-electron chi connectivity index (χ3n) is 4.98. The Kier molecular flexibility index (Phi) is 8.71. The molecule has 0 amide bonds. The zero-order valence-corrected chi connectivity index (χ0v) is 16.8. The van der Waals surface area contributed by atoms with Crippen LogP contribution in [0, 0.1) is 0 Å². The average molecular weight is 362 g/mol. The van der Waals surface area contributed by atoms with Crippen molar-refractivity contribution >= 4 is 5.96 Å². The van der Waals surface area contributed by atoms with E-state index in [2.05, 4.69) is 45.3 Å². The van der Waals surface area contributed by atoms with Gasteiger partial charge in [-0.3, -0.25) is 9.89 Å². The Morgan fingerprint density at radius 3 is 2.54 bits per heavy atom.